The molecule has 0 spiro atoms. The third-order valence-corrected chi connectivity index (χ3v) is 4.72. The highest BCUT2D eigenvalue weighted by Crippen LogP contribution is 2.26. The van der Waals surface area contributed by atoms with Crippen LogP contribution in [0.2, 0.25) is 0 Å². The van der Waals surface area contributed by atoms with Gasteiger partial charge in [0.25, 0.3) is 0 Å². The summed E-state index contributed by atoms with van der Waals surface area (Å²) in [6, 6.07) is 10.7. The zero-order valence-electron chi connectivity index (χ0n) is 15.0. The monoisotopic (exact) mass is 338 g/mol. The molecule has 6 nitrogen and oxygen atoms in total. The molecule has 0 bridgehead atoms. The van der Waals surface area contributed by atoms with Crippen LogP contribution in [0.25, 0.3) is 0 Å². The molecule has 0 amide bonds. The number of aryl methyl sites for hydroxylation is 1. The van der Waals surface area contributed by atoms with E-state index in [2.05, 4.69) is 57.3 Å². The Bertz CT molecular complexity index is 734. The van der Waals surface area contributed by atoms with Gasteiger partial charge in [0.2, 0.25) is 0 Å². The maximum Gasteiger partial charge on any atom is 0.194 e. The molecule has 6 heteroatoms. The summed E-state index contributed by atoms with van der Waals surface area (Å²) in [5, 5.41) is 11.7. The molecule has 1 atom stereocenters. The lowest BCUT2D eigenvalue weighted by Crippen LogP contribution is -2.40. The molecule has 1 fully saturated rings. The number of rotatable bonds is 5. The predicted molar refractivity (Wildman–Crippen MR) is 100 cm³/mol. The summed E-state index contributed by atoms with van der Waals surface area (Å²) in [7, 11) is 1.97. The van der Waals surface area contributed by atoms with E-state index >= 15 is 0 Å². The summed E-state index contributed by atoms with van der Waals surface area (Å²) in [4.78, 5) is 7.10. The molecule has 0 aliphatic carbocycles. The summed E-state index contributed by atoms with van der Waals surface area (Å²) in [6.45, 7) is 8.93. The van der Waals surface area contributed by atoms with Crippen LogP contribution in [0, 0.1) is 6.92 Å². The highest BCUT2D eigenvalue weighted by Gasteiger charge is 2.26. The highest BCUT2D eigenvalue weighted by molar-refractivity contribution is 5.80. The average molecular weight is 338 g/mol. The largest absolute Gasteiger partial charge is 0.353 e. The molecule has 1 unspecified atom stereocenters. The van der Waals surface area contributed by atoms with E-state index in [9.17, 15) is 0 Å². The topological polar surface area (TPSA) is 58.3 Å². The lowest BCUT2D eigenvalue weighted by Gasteiger charge is -2.21. The van der Waals surface area contributed by atoms with Gasteiger partial charge in [-0.3, -0.25) is 0 Å². The Balaban J connectivity index is 1.71. The second kappa shape index (κ2) is 7.96. The number of guanidine groups is 1. The summed E-state index contributed by atoms with van der Waals surface area (Å²) < 4.78 is 1.98. The van der Waals surface area contributed by atoms with Gasteiger partial charge in [-0.25, -0.2) is 4.99 Å². The van der Waals surface area contributed by atoms with E-state index < -0.39 is 0 Å². The maximum absolute atomic E-state index is 4.78. The second-order valence-electron chi connectivity index (χ2n) is 6.37. The number of hydrogen-bond acceptors (Lipinski definition) is 3. The molecule has 1 saturated heterocycles. The lowest BCUT2D eigenvalue weighted by molar-refractivity contribution is 0.487. The summed E-state index contributed by atoms with van der Waals surface area (Å²) >= 11 is 0. The van der Waals surface area contributed by atoms with Crippen LogP contribution in [-0.2, 0) is 13.6 Å². The van der Waals surface area contributed by atoms with Gasteiger partial charge in [-0.15, -0.1) is 16.8 Å². The van der Waals surface area contributed by atoms with Crippen molar-refractivity contribution < 1.29 is 0 Å². The summed E-state index contributed by atoms with van der Waals surface area (Å²) in [5.41, 5.74) is 1.40. The first-order valence-corrected chi connectivity index (χ1v) is 8.73. The van der Waals surface area contributed by atoms with Gasteiger partial charge < -0.3 is 14.8 Å². The van der Waals surface area contributed by atoms with E-state index in [1.54, 1.807) is 0 Å². The van der Waals surface area contributed by atoms with E-state index in [0.717, 1.165) is 37.1 Å². The summed E-state index contributed by atoms with van der Waals surface area (Å²) in [6.07, 6.45) is 2.99. The molecule has 2 aromatic rings. The second-order valence-corrected chi connectivity index (χ2v) is 6.37. The zero-order valence-corrected chi connectivity index (χ0v) is 15.0. The number of aliphatic imine (C=N–C) groups is 1. The van der Waals surface area contributed by atoms with Crippen molar-refractivity contribution in [2.75, 3.05) is 19.6 Å². The fraction of sp³-hybridized carbons (Fsp3) is 0.421. The van der Waals surface area contributed by atoms with Crippen molar-refractivity contribution in [3.05, 3.63) is 60.2 Å². The van der Waals surface area contributed by atoms with Gasteiger partial charge in [-0.1, -0.05) is 36.4 Å². The van der Waals surface area contributed by atoms with Gasteiger partial charge in [-0.2, -0.15) is 0 Å². The predicted octanol–water partition coefficient (Wildman–Crippen LogP) is 2.24. The van der Waals surface area contributed by atoms with E-state index in [-0.39, 0.29) is 0 Å². The Morgan fingerprint density at radius 3 is 2.84 bits per heavy atom. The Morgan fingerprint density at radius 1 is 1.36 bits per heavy atom. The molecule has 1 N–H and O–H groups in total. The van der Waals surface area contributed by atoms with Crippen LogP contribution < -0.4 is 5.32 Å². The smallest absolute Gasteiger partial charge is 0.194 e. The van der Waals surface area contributed by atoms with Gasteiger partial charge in [0, 0.05) is 32.6 Å². The van der Waals surface area contributed by atoms with Crippen LogP contribution in [0.1, 0.15) is 29.6 Å². The van der Waals surface area contributed by atoms with Crippen molar-refractivity contribution in [2.45, 2.75) is 25.8 Å². The fourth-order valence-corrected chi connectivity index (χ4v) is 3.12. The number of nitrogens with zero attached hydrogens (tertiary/aromatic N) is 5. The first-order chi connectivity index (χ1) is 12.2. The van der Waals surface area contributed by atoms with Crippen molar-refractivity contribution in [2.24, 2.45) is 12.0 Å². The van der Waals surface area contributed by atoms with Crippen LogP contribution in [0.15, 0.2) is 48.0 Å². The molecule has 1 aliphatic rings. The van der Waals surface area contributed by atoms with E-state index in [1.165, 1.54) is 5.56 Å². The van der Waals surface area contributed by atoms with Crippen LogP contribution in [-0.4, -0.2) is 45.3 Å². The third kappa shape index (κ3) is 4.07. The third-order valence-electron chi connectivity index (χ3n) is 4.72. The molecule has 0 saturated carbocycles. The minimum absolute atomic E-state index is 0.517. The Kier molecular flexibility index (Phi) is 5.48. The number of hydrogen-bond donors (Lipinski definition) is 1. The molecule has 25 heavy (non-hydrogen) atoms. The fourth-order valence-electron chi connectivity index (χ4n) is 3.12. The van der Waals surface area contributed by atoms with Crippen LogP contribution in [0.5, 0.6) is 0 Å². The van der Waals surface area contributed by atoms with Crippen molar-refractivity contribution in [3.8, 4) is 0 Å². The van der Waals surface area contributed by atoms with E-state index in [0.29, 0.717) is 19.0 Å². The lowest BCUT2D eigenvalue weighted by atomic mass is 9.99. The quantitative estimate of drug-likeness (QED) is 0.516. The molecule has 2 heterocycles. The molecule has 1 aromatic carbocycles. The standard InChI is InChI=1S/C19H26N6/c1-4-11-20-19(21-13-18-23-22-15(2)24(18)3)25-12-10-17(14-25)16-8-6-5-7-9-16/h4-9,17H,1,10-14H2,2-3H3,(H,20,21). The van der Waals surface area contributed by atoms with Crippen LogP contribution in [0.4, 0.5) is 0 Å². The minimum Gasteiger partial charge on any atom is -0.353 e. The van der Waals surface area contributed by atoms with Gasteiger partial charge in [0.05, 0.1) is 0 Å². The van der Waals surface area contributed by atoms with Crippen molar-refractivity contribution >= 4 is 5.96 Å². The molecule has 3 rings (SSSR count). The van der Waals surface area contributed by atoms with Crippen molar-refractivity contribution in [1.82, 2.24) is 25.0 Å². The first kappa shape index (κ1) is 17.2. The Morgan fingerprint density at radius 2 is 2.16 bits per heavy atom. The molecule has 132 valence electrons. The van der Waals surface area contributed by atoms with Crippen LogP contribution in [0.3, 0.4) is 0 Å². The Labute approximate surface area is 149 Å². The maximum atomic E-state index is 4.78. The number of aromatic nitrogens is 3. The SMILES string of the molecule is C=CCNC(=NCc1nnc(C)n1C)N1CCC(c2ccccc2)C1. The molecule has 0 radical (unpaired) electrons. The van der Waals surface area contributed by atoms with Gasteiger partial charge in [-0.05, 0) is 18.9 Å². The Hall–Kier alpha value is -2.63. The number of benzene rings is 1. The summed E-state index contributed by atoms with van der Waals surface area (Å²) in [5.74, 6) is 3.23. The normalized spacial score (nSPS) is 17.8. The van der Waals surface area contributed by atoms with Gasteiger partial charge >= 0.3 is 0 Å². The van der Waals surface area contributed by atoms with Gasteiger partial charge in [0.1, 0.15) is 12.4 Å². The van der Waals surface area contributed by atoms with Gasteiger partial charge in [0.15, 0.2) is 11.8 Å². The van der Waals surface area contributed by atoms with Crippen molar-refractivity contribution in [1.29, 1.82) is 0 Å². The zero-order chi connectivity index (χ0) is 17.6. The van der Waals surface area contributed by atoms with E-state index in [4.69, 9.17) is 4.99 Å². The average Bonchev–Trinajstić information content (AvgIpc) is 3.25. The highest BCUT2D eigenvalue weighted by atomic mass is 15.3. The van der Waals surface area contributed by atoms with E-state index in [1.807, 2.05) is 24.6 Å². The first-order valence-electron chi connectivity index (χ1n) is 8.73. The minimum atomic E-state index is 0.517. The molecule has 1 aromatic heterocycles. The molecule has 1 aliphatic heterocycles. The van der Waals surface area contributed by atoms with Crippen molar-refractivity contribution in [3.63, 3.8) is 0 Å². The van der Waals surface area contributed by atoms with Crippen LogP contribution >= 0.6 is 0 Å². The molecular weight excluding hydrogens is 312 g/mol. The molecular formula is C19H26N6. The number of likely N-dealkylation sites (tertiary alicyclic amines) is 1. The number of nitrogens with one attached hydrogen (secondary N) is 1.